The van der Waals surface area contributed by atoms with Crippen molar-refractivity contribution in [3.05, 3.63) is 28.2 Å². The van der Waals surface area contributed by atoms with E-state index in [0.29, 0.717) is 28.6 Å². The molecule has 23 heavy (non-hydrogen) atoms. The van der Waals surface area contributed by atoms with Crippen LogP contribution in [0.25, 0.3) is 0 Å². The highest BCUT2D eigenvalue weighted by atomic mass is 35.5. The summed E-state index contributed by atoms with van der Waals surface area (Å²) in [6.07, 6.45) is 0.924. The molecule has 2 aliphatic carbocycles. The maximum absolute atomic E-state index is 12.9. The molecule has 0 saturated heterocycles. The van der Waals surface area contributed by atoms with Crippen LogP contribution in [-0.4, -0.2) is 17.5 Å². The van der Waals surface area contributed by atoms with Crippen molar-refractivity contribution >= 4 is 46.4 Å². The fourth-order valence-corrected chi connectivity index (χ4v) is 4.38. The van der Waals surface area contributed by atoms with Gasteiger partial charge in [0.1, 0.15) is 5.41 Å². The second-order valence-electron chi connectivity index (χ2n) is 7.10. The van der Waals surface area contributed by atoms with Crippen molar-refractivity contribution < 1.29 is 14.4 Å². The molecule has 2 saturated carbocycles. The van der Waals surface area contributed by atoms with Gasteiger partial charge in [0.05, 0.1) is 10.0 Å². The zero-order valence-corrected chi connectivity index (χ0v) is 14.6. The summed E-state index contributed by atoms with van der Waals surface area (Å²) in [7, 11) is 0. The first kappa shape index (κ1) is 16.5. The van der Waals surface area contributed by atoms with Gasteiger partial charge in [-0.15, -0.1) is 0 Å². The zero-order valence-electron chi connectivity index (χ0n) is 13.1. The van der Waals surface area contributed by atoms with E-state index in [4.69, 9.17) is 23.2 Å². The lowest BCUT2D eigenvalue weighted by molar-refractivity contribution is -0.147. The zero-order chi connectivity index (χ0) is 17.2. The number of Topliss-reactive ketones (excluding diaryl/α,β-unsaturated/α-hetero) is 2. The Morgan fingerprint density at radius 3 is 2.22 bits per heavy atom. The lowest BCUT2D eigenvalue weighted by Gasteiger charge is -2.37. The van der Waals surface area contributed by atoms with Gasteiger partial charge in [-0.2, -0.15) is 0 Å². The Labute approximate surface area is 144 Å². The molecule has 0 heterocycles. The first-order valence-electron chi connectivity index (χ1n) is 7.44. The predicted octanol–water partition coefficient (Wildman–Crippen LogP) is 3.90. The molecule has 0 spiro atoms. The number of carbonyl (C=O) groups is 3. The first-order valence-corrected chi connectivity index (χ1v) is 8.19. The van der Waals surface area contributed by atoms with Crippen molar-refractivity contribution in [2.45, 2.75) is 33.6 Å². The molecule has 1 aromatic rings. The average Bonchev–Trinajstić information content (AvgIpc) is 2.75. The molecule has 1 aromatic carbocycles. The molecule has 2 atom stereocenters. The molecule has 0 radical (unpaired) electrons. The smallest absolute Gasteiger partial charge is 0.239 e. The number of hydrogen-bond donors (Lipinski definition) is 1. The van der Waals surface area contributed by atoms with Gasteiger partial charge in [-0.1, -0.05) is 44.0 Å². The van der Waals surface area contributed by atoms with Crippen LogP contribution in [0.2, 0.25) is 10.0 Å². The third kappa shape index (κ3) is 1.82. The second-order valence-corrected chi connectivity index (χ2v) is 7.92. The van der Waals surface area contributed by atoms with E-state index >= 15 is 0 Å². The molecule has 122 valence electrons. The lowest BCUT2D eigenvalue weighted by atomic mass is 9.64. The van der Waals surface area contributed by atoms with E-state index in [0.717, 1.165) is 0 Å². The molecule has 0 unspecified atom stereocenters. The van der Waals surface area contributed by atoms with Crippen LogP contribution in [0.1, 0.15) is 33.6 Å². The second kappa shape index (κ2) is 4.81. The Hall–Kier alpha value is -1.39. The predicted molar refractivity (Wildman–Crippen MR) is 88.7 cm³/mol. The van der Waals surface area contributed by atoms with Crippen LogP contribution in [0.3, 0.4) is 0 Å². The number of halogens is 2. The summed E-state index contributed by atoms with van der Waals surface area (Å²) in [4.78, 5) is 37.9. The standard InChI is InChI=1S/C17H17Cl2NO3/c1-15(2)16(3)6-7-17(15,13(22)12(16)21)14(23)20-9-4-5-10(18)11(19)8-9/h4-5,8H,6-7H2,1-3H3,(H,20,23)/t16-,17+/m0/s1. The SMILES string of the molecule is CC1(C)[C@]2(C(=O)Nc3ccc(Cl)c(Cl)c3)CC[C@@]1(C)C(=O)C2=O. The summed E-state index contributed by atoms with van der Waals surface area (Å²) in [5, 5.41) is 3.43. The molecule has 0 aromatic heterocycles. The minimum Gasteiger partial charge on any atom is -0.325 e. The van der Waals surface area contributed by atoms with E-state index in [9.17, 15) is 14.4 Å². The number of rotatable bonds is 2. The van der Waals surface area contributed by atoms with Crippen molar-refractivity contribution in [3.63, 3.8) is 0 Å². The Kier molecular flexibility index (Phi) is 3.44. The summed E-state index contributed by atoms with van der Waals surface area (Å²) in [6.45, 7) is 5.45. The molecule has 4 nitrogen and oxygen atoms in total. The highest BCUT2D eigenvalue weighted by Crippen LogP contribution is 2.69. The molecule has 2 bridgehead atoms. The number of fused-ring (bicyclic) bond motifs is 2. The number of ketones is 2. The molecule has 2 aliphatic rings. The molecular formula is C17H17Cl2NO3. The van der Waals surface area contributed by atoms with Gasteiger partial charge >= 0.3 is 0 Å². The maximum atomic E-state index is 12.9. The van der Waals surface area contributed by atoms with Gasteiger partial charge in [0, 0.05) is 11.1 Å². The third-order valence-electron chi connectivity index (χ3n) is 6.11. The molecule has 3 rings (SSSR count). The Morgan fingerprint density at radius 1 is 1.04 bits per heavy atom. The minimum absolute atomic E-state index is 0.311. The van der Waals surface area contributed by atoms with Crippen LogP contribution in [0.4, 0.5) is 5.69 Å². The molecule has 6 heteroatoms. The van der Waals surface area contributed by atoms with Crippen molar-refractivity contribution in [2.24, 2.45) is 16.2 Å². The Bertz CT molecular complexity index is 758. The summed E-state index contributed by atoms with van der Waals surface area (Å²) in [6, 6.07) is 4.72. The Morgan fingerprint density at radius 2 is 1.70 bits per heavy atom. The van der Waals surface area contributed by atoms with Crippen LogP contribution in [0, 0.1) is 16.2 Å². The first-order chi connectivity index (χ1) is 10.6. The summed E-state index contributed by atoms with van der Waals surface area (Å²) >= 11 is 11.8. The number of benzene rings is 1. The fraction of sp³-hybridized carbons (Fsp3) is 0.471. The van der Waals surface area contributed by atoms with Gasteiger partial charge < -0.3 is 5.32 Å². The van der Waals surface area contributed by atoms with E-state index in [1.165, 1.54) is 6.07 Å². The average molecular weight is 354 g/mol. The highest BCUT2D eigenvalue weighted by Gasteiger charge is 2.77. The van der Waals surface area contributed by atoms with E-state index in [2.05, 4.69) is 5.32 Å². The lowest BCUT2D eigenvalue weighted by Crippen LogP contribution is -2.47. The maximum Gasteiger partial charge on any atom is 0.239 e. The van der Waals surface area contributed by atoms with Crippen LogP contribution >= 0.6 is 23.2 Å². The molecule has 2 fully saturated rings. The van der Waals surface area contributed by atoms with E-state index in [1.807, 2.05) is 13.8 Å². The number of amides is 1. The van der Waals surface area contributed by atoms with Gasteiger partial charge in [-0.05, 0) is 36.5 Å². The number of carbonyl (C=O) groups excluding carboxylic acids is 3. The topological polar surface area (TPSA) is 63.2 Å². The van der Waals surface area contributed by atoms with Gasteiger partial charge in [-0.3, -0.25) is 14.4 Å². The largest absolute Gasteiger partial charge is 0.325 e. The minimum atomic E-state index is -1.31. The van der Waals surface area contributed by atoms with Gasteiger partial charge in [0.25, 0.3) is 0 Å². The molecule has 0 aliphatic heterocycles. The number of anilines is 1. The Balaban J connectivity index is 2.00. The van der Waals surface area contributed by atoms with Crippen molar-refractivity contribution in [3.8, 4) is 0 Å². The van der Waals surface area contributed by atoms with Crippen LogP contribution in [0.15, 0.2) is 18.2 Å². The monoisotopic (exact) mass is 353 g/mol. The van der Waals surface area contributed by atoms with Gasteiger partial charge in [0.15, 0.2) is 0 Å². The quantitative estimate of drug-likeness (QED) is 0.647. The molecule has 1 N–H and O–H groups in total. The van der Waals surface area contributed by atoms with Crippen molar-refractivity contribution in [1.82, 2.24) is 0 Å². The number of nitrogens with one attached hydrogen (secondary N) is 1. The van der Waals surface area contributed by atoms with Crippen LogP contribution < -0.4 is 5.32 Å². The van der Waals surface area contributed by atoms with E-state index in [-0.39, 0.29) is 0 Å². The van der Waals surface area contributed by atoms with Gasteiger partial charge in [0.2, 0.25) is 17.5 Å². The molecule has 1 amide bonds. The summed E-state index contributed by atoms with van der Waals surface area (Å²) in [5.41, 5.74) is -2.37. The van der Waals surface area contributed by atoms with Gasteiger partial charge in [-0.25, -0.2) is 0 Å². The summed E-state index contributed by atoms with van der Waals surface area (Å²) in [5.74, 6) is -1.45. The number of hydrogen-bond acceptors (Lipinski definition) is 3. The fourth-order valence-electron chi connectivity index (χ4n) is 4.08. The van der Waals surface area contributed by atoms with Crippen molar-refractivity contribution in [2.75, 3.05) is 5.32 Å². The van der Waals surface area contributed by atoms with Crippen LogP contribution in [0.5, 0.6) is 0 Å². The van der Waals surface area contributed by atoms with E-state index < -0.39 is 33.7 Å². The summed E-state index contributed by atoms with van der Waals surface area (Å²) < 4.78 is 0. The van der Waals surface area contributed by atoms with Crippen LogP contribution in [-0.2, 0) is 14.4 Å². The van der Waals surface area contributed by atoms with E-state index in [1.54, 1.807) is 19.1 Å². The molecular weight excluding hydrogens is 337 g/mol. The normalized spacial score (nSPS) is 31.5. The third-order valence-corrected chi connectivity index (χ3v) is 6.85. The van der Waals surface area contributed by atoms with Crippen molar-refractivity contribution in [1.29, 1.82) is 0 Å². The highest BCUT2D eigenvalue weighted by molar-refractivity contribution is 6.49.